The molecule has 0 spiro atoms. The summed E-state index contributed by atoms with van der Waals surface area (Å²) in [6.07, 6.45) is 0. The van der Waals surface area contributed by atoms with Crippen LogP contribution in [0.1, 0.15) is 0 Å². The maximum atomic E-state index is 5.68. The van der Waals surface area contributed by atoms with E-state index in [4.69, 9.17) is 5.73 Å². The van der Waals surface area contributed by atoms with Gasteiger partial charge in [0, 0.05) is 0 Å². The Morgan fingerprint density at radius 2 is 1.93 bits per heavy atom. The maximum Gasteiger partial charge on any atom is 0.195 e. The fourth-order valence-electron chi connectivity index (χ4n) is 1.50. The number of aromatic nitrogens is 2. The standard InChI is InChI=1S/C9H10N6/c10-8-7-9(12-11-8)14-15(13-7)6-4-2-1-3-5-6/h1-5,13H,(H4,10,11,12,14). The minimum atomic E-state index is 0.524. The molecule has 0 bridgehead atoms. The number of H-pyrrole nitrogens is 1. The Morgan fingerprint density at radius 1 is 1.13 bits per heavy atom. The SMILES string of the molecule is Nc1[nH]nc2c1NN(c1ccccc1)N2. The van der Waals surface area contributed by atoms with E-state index in [1.165, 1.54) is 0 Å². The lowest BCUT2D eigenvalue weighted by atomic mass is 10.3. The highest BCUT2D eigenvalue weighted by atomic mass is 15.8. The number of hydrazine groups is 2. The average Bonchev–Trinajstić information content (AvgIpc) is 2.83. The first-order valence-corrected chi connectivity index (χ1v) is 4.57. The van der Waals surface area contributed by atoms with Crippen molar-refractivity contribution in [3.05, 3.63) is 30.3 Å². The minimum absolute atomic E-state index is 0.524. The summed E-state index contributed by atoms with van der Waals surface area (Å²) in [7, 11) is 0. The number of para-hydroxylation sites is 1. The van der Waals surface area contributed by atoms with Crippen molar-refractivity contribution in [2.45, 2.75) is 0 Å². The number of nitrogens with two attached hydrogens (primary N) is 1. The number of anilines is 4. The number of nitrogen functional groups attached to an aromatic ring is 1. The molecule has 0 saturated carbocycles. The first-order chi connectivity index (χ1) is 7.34. The Hall–Kier alpha value is -2.37. The van der Waals surface area contributed by atoms with Crippen LogP contribution in [-0.4, -0.2) is 10.2 Å². The van der Waals surface area contributed by atoms with Gasteiger partial charge >= 0.3 is 0 Å². The summed E-state index contributed by atoms with van der Waals surface area (Å²) in [5.74, 6) is 1.23. The maximum absolute atomic E-state index is 5.68. The highest BCUT2D eigenvalue weighted by Crippen LogP contribution is 2.32. The number of nitrogens with one attached hydrogen (secondary N) is 3. The van der Waals surface area contributed by atoms with Gasteiger partial charge in [-0.1, -0.05) is 18.2 Å². The Kier molecular flexibility index (Phi) is 1.49. The van der Waals surface area contributed by atoms with Crippen molar-refractivity contribution in [3.8, 4) is 0 Å². The molecule has 0 unspecified atom stereocenters. The summed E-state index contributed by atoms with van der Waals surface area (Å²) in [5, 5.41) is 8.46. The highest BCUT2D eigenvalue weighted by Gasteiger charge is 2.22. The van der Waals surface area contributed by atoms with Gasteiger partial charge in [-0.15, -0.1) is 0 Å². The molecule has 0 amide bonds. The molecule has 15 heavy (non-hydrogen) atoms. The quantitative estimate of drug-likeness (QED) is 0.558. The van der Waals surface area contributed by atoms with Crippen LogP contribution in [0.15, 0.2) is 30.3 Å². The van der Waals surface area contributed by atoms with Crippen LogP contribution in [0.2, 0.25) is 0 Å². The molecule has 1 aromatic carbocycles. The summed E-state index contributed by atoms with van der Waals surface area (Å²) in [5.41, 5.74) is 13.6. The van der Waals surface area contributed by atoms with Crippen LogP contribution in [0, 0.1) is 0 Å². The molecule has 2 aromatic rings. The predicted molar refractivity (Wildman–Crippen MR) is 59.2 cm³/mol. The van der Waals surface area contributed by atoms with E-state index in [1.807, 2.05) is 30.3 Å². The zero-order valence-electron chi connectivity index (χ0n) is 7.86. The van der Waals surface area contributed by atoms with Crippen LogP contribution in [0.4, 0.5) is 23.0 Å². The lowest BCUT2D eigenvalue weighted by Crippen LogP contribution is -2.29. The molecule has 1 aliphatic heterocycles. The van der Waals surface area contributed by atoms with Crippen LogP contribution in [0.5, 0.6) is 0 Å². The van der Waals surface area contributed by atoms with Gasteiger partial charge in [0.15, 0.2) is 5.82 Å². The number of fused-ring (bicyclic) bond motifs is 1. The number of hydrogen-bond donors (Lipinski definition) is 4. The van der Waals surface area contributed by atoms with E-state index in [9.17, 15) is 0 Å². The van der Waals surface area contributed by atoms with Crippen molar-refractivity contribution in [3.63, 3.8) is 0 Å². The predicted octanol–water partition coefficient (Wildman–Crippen LogP) is 1.17. The Labute approximate surface area is 86.0 Å². The molecule has 6 heteroatoms. The van der Waals surface area contributed by atoms with Crippen LogP contribution in [-0.2, 0) is 0 Å². The van der Waals surface area contributed by atoms with Crippen molar-refractivity contribution in [2.75, 3.05) is 21.7 Å². The molecule has 0 radical (unpaired) electrons. The largest absolute Gasteiger partial charge is 0.382 e. The minimum Gasteiger partial charge on any atom is -0.382 e. The van der Waals surface area contributed by atoms with Crippen LogP contribution < -0.4 is 21.7 Å². The van der Waals surface area contributed by atoms with Gasteiger partial charge in [0.25, 0.3) is 0 Å². The van der Waals surface area contributed by atoms with Gasteiger partial charge in [0.1, 0.15) is 11.5 Å². The number of rotatable bonds is 1. The number of benzene rings is 1. The molecule has 76 valence electrons. The molecule has 0 aliphatic carbocycles. The van der Waals surface area contributed by atoms with E-state index < -0.39 is 0 Å². The fraction of sp³-hybridized carbons (Fsp3) is 0. The molecule has 0 fully saturated rings. The van der Waals surface area contributed by atoms with Crippen LogP contribution >= 0.6 is 0 Å². The molecule has 0 saturated heterocycles. The van der Waals surface area contributed by atoms with Crippen LogP contribution in [0.25, 0.3) is 0 Å². The first-order valence-electron chi connectivity index (χ1n) is 4.57. The van der Waals surface area contributed by atoms with Crippen molar-refractivity contribution >= 4 is 23.0 Å². The second kappa shape index (κ2) is 2.81. The molecular formula is C9H10N6. The molecule has 0 atom stereocenters. The Morgan fingerprint density at radius 3 is 2.67 bits per heavy atom. The molecule has 1 aliphatic rings. The van der Waals surface area contributed by atoms with Crippen LogP contribution in [0.3, 0.4) is 0 Å². The van der Waals surface area contributed by atoms with Crippen molar-refractivity contribution in [1.82, 2.24) is 10.2 Å². The molecule has 6 nitrogen and oxygen atoms in total. The Balaban J connectivity index is 1.91. The third-order valence-electron chi connectivity index (χ3n) is 2.25. The molecule has 5 N–H and O–H groups in total. The van der Waals surface area contributed by atoms with Gasteiger partial charge in [-0.3, -0.25) is 16.0 Å². The second-order valence-corrected chi connectivity index (χ2v) is 3.26. The van der Waals surface area contributed by atoms with Crippen molar-refractivity contribution in [2.24, 2.45) is 0 Å². The zero-order chi connectivity index (χ0) is 10.3. The van der Waals surface area contributed by atoms with Crippen molar-refractivity contribution in [1.29, 1.82) is 0 Å². The van der Waals surface area contributed by atoms with Gasteiger partial charge in [-0.05, 0) is 12.1 Å². The Bertz CT molecular complexity index is 477. The van der Waals surface area contributed by atoms with Gasteiger partial charge in [-0.25, -0.2) is 0 Å². The molecule has 3 rings (SSSR count). The lowest BCUT2D eigenvalue weighted by molar-refractivity contribution is 1.04. The van der Waals surface area contributed by atoms with Gasteiger partial charge in [-0.2, -0.15) is 10.2 Å². The summed E-state index contributed by atoms with van der Waals surface area (Å²) < 4.78 is 0. The second-order valence-electron chi connectivity index (χ2n) is 3.26. The normalized spacial score (nSPS) is 13.2. The molecule has 1 aromatic heterocycles. The lowest BCUT2D eigenvalue weighted by Gasteiger charge is -2.18. The van der Waals surface area contributed by atoms with E-state index in [0.29, 0.717) is 11.6 Å². The third kappa shape index (κ3) is 1.15. The van der Waals surface area contributed by atoms with E-state index in [1.54, 1.807) is 5.12 Å². The first kappa shape index (κ1) is 7.98. The summed E-state index contributed by atoms with van der Waals surface area (Å²) in [6.45, 7) is 0. The smallest absolute Gasteiger partial charge is 0.195 e. The van der Waals surface area contributed by atoms with E-state index in [0.717, 1.165) is 11.4 Å². The van der Waals surface area contributed by atoms with Gasteiger partial charge in [0.05, 0.1) is 5.69 Å². The highest BCUT2D eigenvalue weighted by molar-refractivity contribution is 5.83. The third-order valence-corrected chi connectivity index (χ3v) is 2.25. The van der Waals surface area contributed by atoms with E-state index in [-0.39, 0.29) is 0 Å². The summed E-state index contributed by atoms with van der Waals surface area (Å²) >= 11 is 0. The number of aromatic amines is 1. The molecular weight excluding hydrogens is 192 g/mol. The van der Waals surface area contributed by atoms with E-state index in [2.05, 4.69) is 21.0 Å². The van der Waals surface area contributed by atoms with Gasteiger partial charge < -0.3 is 5.73 Å². The average molecular weight is 202 g/mol. The van der Waals surface area contributed by atoms with Crippen molar-refractivity contribution < 1.29 is 0 Å². The molecule has 2 heterocycles. The summed E-state index contributed by atoms with van der Waals surface area (Å²) in [6, 6.07) is 9.85. The fourth-order valence-corrected chi connectivity index (χ4v) is 1.50. The zero-order valence-corrected chi connectivity index (χ0v) is 7.86. The number of hydrogen-bond acceptors (Lipinski definition) is 5. The monoisotopic (exact) mass is 202 g/mol. The van der Waals surface area contributed by atoms with E-state index >= 15 is 0 Å². The topological polar surface area (TPSA) is 82.0 Å². The summed E-state index contributed by atoms with van der Waals surface area (Å²) in [4.78, 5) is 0. The number of nitrogens with zero attached hydrogens (tertiary/aromatic N) is 2. The van der Waals surface area contributed by atoms with Gasteiger partial charge in [0.2, 0.25) is 0 Å².